The molecule has 1 N–H and O–H groups in total. The Labute approximate surface area is 99.7 Å². The molecule has 0 radical (unpaired) electrons. The van der Waals surface area contributed by atoms with Gasteiger partial charge in [0.25, 0.3) is 0 Å². The lowest BCUT2D eigenvalue weighted by Crippen LogP contribution is -2.07. The molecule has 17 heavy (non-hydrogen) atoms. The van der Waals surface area contributed by atoms with Gasteiger partial charge >= 0.3 is 0 Å². The fourth-order valence-electron chi connectivity index (χ4n) is 1.49. The van der Waals surface area contributed by atoms with Crippen LogP contribution in [0.4, 0.5) is 5.69 Å². The summed E-state index contributed by atoms with van der Waals surface area (Å²) in [5.74, 6) is 1.50. The zero-order valence-corrected chi connectivity index (χ0v) is 9.92. The number of methoxy groups -OCH3 is 1. The third-order valence-electron chi connectivity index (χ3n) is 2.43. The molecule has 0 aliphatic rings. The van der Waals surface area contributed by atoms with E-state index in [1.807, 2.05) is 16.7 Å². The van der Waals surface area contributed by atoms with E-state index >= 15 is 0 Å². The first kappa shape index (κ1) is 11.4. The molecule has 0 saturated carbocycles. The van der Waals surface area contributed by atoms with E-state index in [2.05, 4.69) is 27.4 Å². The van der Waals surface area contributed by atoms with Gasteiger partial charge in [0.05, 0.1) is 13.7 Å². The van der Waals surface area contributed by atoms with Gasteiger partial charge in [0.2, 0.25) is 5.88 Å². The minimum absolute atomic E-state index is 0.590. The molecule has 2 aromatic rings. The molecule has 0 spiro atoms. The van der Waals surface area contributed by atoms with E-state index in [-0.39, 0.29) is 0 Å². The molecule has 0 bridgehead atoms. The summed E-state index contributed by atoms with van der Waals surface area (Å²) in [4.78, 5) is 4.04. The second-order valence-electron chi connectivity index (χ2n) is 3.47. The Morgan fingerprint density at radius 3 is 3.12 bits per heavy atom. The molecule has 0 unspecified atom stereocenters. The van der Waals surface area contributed by atoms with Crippen LogP contribution in [-0.4, -0.2) is 26.9 Å². The lowest BCUT2D eigenvalue weighted by atomic mass is 10.4. The number of aryl methyl sites for hydroxylation is 1. The highest BCUT2D eigenvalue weighted by Gasteiger charge is 2.02. The van der Waals surface area contributed by atoms with Crippen LogP contribution in [0, 0.1) is 0 Å². The zero-order chi connectivity index (χ0) is 12.1. The topological polar surface area (TPSA) is 64.9 Å². The second kappa shape index (κ2) is 5.29. The van der Waals surface area contributed by atoms with Crippen molar-refractivity contribution in [3.8, 4) is 5.88 Å². The number of nitrogens with one attached hydrogen (secondary N) is 1. The summed E-state index contributed by atoms with van der Waals surface area (Å²) >= 11 is 0. The van der Waals surface area contributed by atoms with Gasteiger partial charge in [-0.1, -0.05) is 0 Å². The Bertz CT molecular complexity index is 482. The average Bonchev–Trinajstić information content (AvgIpc) is 2.84. The van der Waals surface area contributed by atoms with E-state index in [9.17, 15) is 0 Å². The summed E-state index contributed by atoms with van der Waals surface area (Å²) in [5, 5.41) is 11.2. The third-order valence-corrected chi connectivity index (χ3v) is 2.43. The van der Waals surface area contributed by atoms with Crippen LogP contribution in [0.15, 0.2) is 24.7 Å². The van der Waals surface area contributed by atoms with Crippen LogP contribution in [0.2, 0.25) is 0 Å². The van der Waals surface area contributed by atoms with Crippen LogP contribution in [0.25, 0.3) is 0 Å². The van der Waals surface area contributed by atoms with Crippen LogP contribution < -0.4 is 10.1 Å². The molecule has 2 rings (SSSR count). The fraction of sp³-hybridized carbons (Fsp3) is 0.364. The third kappa shape index (κ3) is 2.72. The van der Waals surface area contributed by atoms with Crippen molar-refractivity contribution < 1.29 is 4.74 Å². The first-order chi connectivity index (χ1) is 8.33. The van der Waals surface area contributed by atoms with Gasteiger partial charge < -0.3 is 14.6 Å². The number of aromatic nitrogens is 4. The standard InChI is InChI=1S/C11H15N5O/c1-3-16-8-14-15-10(16)7-13-9-4-5-12-11(6-9)17-2/h4-6,8H,3,7H2,1-2H3,(H,12,13). The van der Waals surface area contributed by atoms with Gasteiger partial charge in [0, 0.05) is 24.5 Å². The minimum Gasteiger partial charge on any atom is -0.481 e. The van der Waals surface area contributed by atoms with Gasteiger partial charge in [-0.25, -0.2) is 4.98 Å². The maximum atomic E-state index is 5.05. The summed E-state index contributed by atoms with van der Waals surface area (Å²) in [5.41, 5.74) is 0.947. The highest BCUT2D eigenvalue weighted by Crippen LogP contribution is 2.13. The predicted molar refractivity (Wildman–Crippen MR) is 63.8 cm³/mol. The zero-order valence-electron chi connectivity index (χ0n) is 9.92. The van der Waals surface area contributed by atoms with Crippen LogP contribution in [-0.2, 0) is 13.1 Å². The van der Waals surface area contributed by atoms with Crippen molar-refractivity contribution in [3.05, 3.63) is 30.5 Å². The summed E-state index contributed by atoms with van der Waals surface area (Å²) < 4.78 is 7.04. The number of ether oxygens (including phenoxy) is 1. The molecule has 0 aromatic carbocycles. The molecule has 2 aromatic heterocycles. The monoisotopic (exact) mass is 233 g/mol. The molecule has 0 aliphatic carbocycles. The van der Waals surface area contributed by atoms with Crippen LogP contribution in [0.5, 0.6) is 5.88 Å². The smallest absolute Gasteiger partial charge is 0.214 e. The van der Waals surface area contributed by atoms with Crippen molar-refractivity contribution in [3.63, 3.8) is 0 Å². The Hall–Kier alpha value is -2.11. The maximum absolute atomic E-state index is 5.05. The van der Waals surface area contributed by atoms with Crippen molar-refractivity contribution in [2.24, 2.45) is 0 Å². The van der Waals surface area contributed by atoms with E-state index in [0.29, 0.717) is 12.4 Å². The van der Waals surface area contributed by atoms with Crippen molar-refractivity contribution in [2.45, 2.75) is 20.0 Å². The SMILES string of the molecule is CCn1cnnc1CNc1ccnc(OC)c1. The molecule has 6 nitrogen and oxygen atoms in total. The summed E-state index contributed by atoms with van der Waals surface area (Å²) in [7, 11) is 1.60. The van der Waals surface area contributed by atoms with Gasteiger partial charge in [-0.15, -0.1) is 10.2 Å². The van der Waals surface area contributed by atoms with Crippen molar-refractivity contribution in [1.82, 2.24) is 19.7 Å². The molecule has 0 aliphatic heterocycles. The summed E-state index contributed by atoms with van der Waals surface area (Å²) in [6.07, 6.45) is 3.43. The highest BCUT2D eigenvalue weighted by atomic mass is 16.5. The molecule has 2 heterocycles. The fourth-order valence-corrected chi connectivity index (χ4v) is 1.49. The van der Waals surface area contributed by atoms with Gasteiger partial charge in [-0.3, -0.25) is 0 Å². The van der Waals surface area contributed by atoms with E-state index in [0.717, 1.165) is 18.1 Å². The Kier molecular flexibility index (Phi) is 3.54. The van der Waals surface area contributed by atoms with Crippen molar-refractivity contribution in [2.75, 3.05) is 12.4 Å². The summed E-state index contributed by atoms with van der Waals surface area (Å²) in [6, 6.07) is 3.72. The van der Waals surface area contributed by atoms with Gasteiger partial charge in [-0.2, -0.15) is 0 Å². The van der Waals surface area contributed by atoms with Crippen LogP contribution in [0.3, 0.4) is 0 Å². The Balaban J connectivity index is 2.02. The number of rotatable bonds is 5. The van der Waals surface area contributed by atoms with Crippen molar-refractivity contribution in [1.29, 1.82) is 0 Å². The number of hydrogen-bond donors (Lipinski definition) is 1. The van der Waals surface area contributed by atoms with Crippen LogP contribution in [0.1, 0.15) is 12.7 Å². The highest BCUT2D eigenvalue weighted by molar-refractivity contribution is 5.44. The number of hydrogen-bond acceptors (Lipinski definition) is 5. The van der Waals surface area contributed by atoms with Gasteiger partial charge in [-0.05, 0) is 13.0 Å². The lowest BCUT2D eigenvalue weighted by molar-refractivity contribution is 0.398. The van der Waals surface area contributed by atoms with E-state index in [4.69, 9.17) is 4.74 Å². The first-order valence-electron chi connectivity index (χ1n) is 5.44. The molecule has 90 valence electrons. The number of anilines is 1. The van der Waals surface area contributed by atoms with E-state index < -0.39 is 0 Å². The quantitative estimate of drug-likeness (QED) is 0.843. The average molecular weight is 233 g/mol. The molecular formula is C11H15N5O. The molecule has 0 saturated heterocycles. The number of nitrogens with zero attached hydrogens (tertiary/aromatic N) is 4. The van der Waals surface area contributed by atoms with Gasteiger partial charge in [0.15, 0.2) is 5.82 Å². The van der Waals surface area contributed by atoms with Crippen molar-refractivity contribution >= 4 is 5.69 Å². The molecule has 0 amide bonds. The Morgan fingerprint density at radius 1 is 1.47 bits per heavy atom. The molecular weight excluding hydrogens is 218 g/mol. The maximum Gasteiger partial charge on any atom is 0.214 e. The van der Waals surface area contributed by atoms with Gasteiger partial charge in [0.1, 0.15) is 6.33 Å². The van der Waals surface area contributed by atoms with Crippen LogP contribution >= 0.6 is 0 Å². The Morgan fingerprint density at radius 2 is 2.35 bits per heavy atom. The molecule has 6 heteroatoms. The van der Waals surface area contributed by atoms with E-state index in [1.165, 1.54) is 0 Å². The molecule has 0 atom stereocenters. The minimum atomic E-state index is 0.590. The second-order valence-corrected chi connectivity index (χ2v) is 3.47. The lowest BCUT2D eigenvalue weighted by Gasteiger charge is -2.07. The molecule has 0 fully saturated rings. The summed E-state index contributed by atoms with van der Waals surface area (Å²) in [6.45, 7) is 3.55. The first-order valence-corrected chi connectivity index (χ1v) is 5.44. The normalized spacial score (nSPS) is 10.2. The van der Waals surface area contributed by atoms with E-state index in [1.54, 1.807) is 19.6 Å². The predicted octanol–water partition coefficient (Wildman–Crippen LogP) is 1.31. The largest absolute Gasteiger partial charge is 0.481 e. The number of pyridine rings is 1.